The van der Waals surface area contributed by atoms with Crippen LogP contribution in [0.5, 0.6) is 0 Å². The molecule has 172 valence electrons. The SMILES string of the molecule is C=CCN(CC(=O)O)C(=O)[C@H]1CCC[C@H]1NC(=O)OCC1c2ccccc2-c2ccccc21. The van der Waals surface area contributed by atoms with E-state index in [9.17, 15) is 14.4 Å². The first-order chi connectivity index (χ1) is 16.0. The predicted octanol–water partition coefficient (Wildman–Crippen LogP) is 3.79. The third-order valence-corrected chi connectivity index (χ3v) is 6.47. The Hall–Kier alpha value is -3.61. The average molecular weight is 449 g/mol. The first kappa shape index (κ1) is 22.6. The first-order valence-electron chi connectivity index (χ1n) is 11.2. The number of alkyl carbamates (subject to hydrolysis) is 1. The number of aliphatic carboxylic acids is 1. The monoisotopic (exact) mass is 448 g/mol. The predicted molar refractivity (Wildman–Crippen MR) is 124 cm³/mol. The Morgan fingerprint density at radius 3 is 2.30 bits per heavy atom. The van der Waals surface area contributed by atoms with E-state index in [-0.39, 0.29) is 37.6 Å². The summed E-state index contributed by atoms with van der Waals surface area (Å²) in [5, 5.41) is 12.0. The lowest BCUT2D eigenvalue weighted by Gasteiger charge is -2.26. The van der Waals surface area contributed by atoms with Crippen LogP contribution in [0.25, 0.3) is 11.1 Å². The number of hydrogen-bond donors (Lipinski definition) is 2. The van der Waals surface area contributed by atoms with Crippen molar-refractivity contribution in [2.45, 2.75) is 31.2 Å². The van der Waals surface area contributed by atoms with Crippen LogP contribution in [0.3, 0.4) is 0 Å². The van der Waals surface area contributed by atoms with E-state index in [0.717, 1.165) is 28.7 Å². The summed E-state index contributed by atoms with van der Waals surface area (Å²) in [6.45, 7) is 3.57. The summed E-state index contributed by atoms with van der Waals surface area (Å²) in [6, 6.07) is 15.9. The van der Waals surface area contributed by atoms with Crippen molar-refractivity contribution >= 4 is 18.0 Å². The standard InChI is InChI=1S/C26H28N2O5/c1-2-14-28(15-24(29)30)25(31)21-12-7-13-23(21)27-26(32)33-16-22-19-10-5-3-8-17(19)18-9-4-6-11-20(18)22/h2-6,8-11,21-23H,1,7,12-16H2,(H,27,32)(H,29,30)/t21-,23+/m0/s1. The van der Waals surface area contributed by atoms with Crippen LogP contribution in [0.15, 0.2) is 61.2 Å². The zero-order valence-electron chi connectivity index (χ0n) is 18.4. The smallest absolute Gasteiger partial charge is 0.407 e. The second kappa shape index (κ2) is 9.90. The molecule has 4 rings (SSSR count). The highest BCUT2D eigenvalue weighted by atomic mass is 16.5. The van der Waals surface area contributed by atoms with E-state index in [1.807, 2.05) is 24.3 Å². The second-order valence-electron chi connectivity index (χ2n) is 8.51. The van der Waals surface area contributed by atoms with Gasteiger partial charge in [0.25, 0.3) is 0 Å². The molecule has 7 nitrogen and oxygen atoms in total. The number of nitrogens with one attached hydrogen (secondary N) is 1. The normalized spacial score (nSPS) is 18.8. The van der Waals surface area contributed by atoms with Crippen molar-refractivity contribution in [3.05, 3.63) is 72.3 Å². The van der Waals surface area contributed by atoms with Crippen LogP contribution in [0.4, 0.5) is 4.79 Å². The summed E-state index contributed by atoms with van der Waals surface area (Å²) >= 11 is 0. The quantitative estimate of drug-likeness (QED) is 0.599. The summed E-state index contributed by atoms with van der Waals surface area (Å²) in [5.74, 6) is -1.87. The number of amides is 2. The molecule has 2 amide bonds. The number of carbonyl (C=O) groups is 3. The molecule has 2 aromatic rings. The fourth-order valence-electron chi connectivity index (χ4n) is 5.01. The van der Waals surface area contributed by atoms with Gasteiger partial charge in [-0.25, -0.2) is 4.79 Å². The lowest BCUT2D eigenvalue weighted by Crippen LogP contribution is -2.47. The maximum absolute atomic E-state index is 12.9. The average Bonchev–Trinajstić information content (AvgIpc) is 3.39. The molecule has 0 heterocycles. The molecule has 2 N–H and O–H groups in total. The molecule has 2 aliphatic carbocycles. The molecule has 7 heteroatoms. The van der Waals surface area contributed by atoms with Gasteiger partial charge in [-0.1, -0.05) is 61.0 Å². The van der Waals surface area contributed by atoms with Gasteiger partial charge in [0.1, 0.15) is 13.2 Å². The van der Waals surface area contributed by atoms with E-state index >= 15 is 0 Å². The highest BCUT2D eigenvalue weighted by Gasteiger charge is 2.37. The van der Waals surface area contributed by atoms with Gasteiger partial charge in [0, 0.05) is 18.5 Å². The number of rotatable bonds is 8. The number of nitrogens with zero attached hydrogens (tertiary/aromatic N) is 1. The van der Waals surface area contributed by atoms with Crippen molar-refractivity contribution < 1.29 is 24.2 Å². The van der Waals surface area contributed by atoms with Crippen molar-refractivity contribution in [1.29, 1.82) is 0 Å². The number of fused-ring (bicyclic) bond motifs is 3. The lowest BCUT2D eigenvalue weighted by molar-refractivity contribution is -0.146. The van der Waals surface area contributed by atoms with Crippen molar-refractivity contribution in [3.63, 3.8) is 0 Å². The second-order valence-corrected chi connectivity index (χ2v) is 8.51. The zero-order valence-corrected chi connectivity index (χ0v) is 18.4. The molecule has 2 aliphatic rings. The molecule has 2 aromatic carbocycles. The summed E-state index contributed by atoms with van der Waals surface area (Å²) in [5.41, 5.74) is 4.58. The largest absolute Gasteiger partial charge is 0.480 e. The van der Waals surface area contributed by atoms with E-state index in [4.69, 9.17) is 9.84 Å². The maximum atomic E-state index is 12.9. The molecular formula is C26H28N2O5. The van der Waals surface area contributed by atoms with E-state index < -0.39 is 18.0 Å². The number of carboxylic acid groups (broad SMARTS) is 1. The molecule has 0 aromatic heterocycles. The van der Waals surface area contributed by atoms with Crippen molar-refractivity contribution in [3.8, 4) is 11.1 Å². The van der Waals surface area contributed by atoms with E-state index in [0.29, 0.717) is 12.8 Å². The molecule has 0 aliphatic heterocycles. The zero-order chi connectivity index (χ0) is 23.4. The molecule has 2 atom stereocenters. The molecule has 1 fully saturated rings. The minimum Gasteiger partial charge on any atom is -0.480 e. The molecule has 0 unspecified atom stereocenters. The van der Waals surface area contributed by atoms with Gasteiger partial charge in [0.15, 0.2) is 0 Å². The summed E-state index contributed by atoms with van der Waals surface area (Å²) in [4.78, 5) is 38.0. The number of carboxylic acids is 1. The van der Waals surface area contributed by atoms with Crippen LogP contribution >= 0.6 is 0 Å². The number of benzene rings is 2. The van der Waals surface area contributed by atoms with Gasteiger partial charge < -0.3 is 20.1 Å². The van der Waals surface area contributed by atoms with Crippen LogP contribution in [0.1, 0.15) is 36.3 Å². The van der Waals surface area contributed by atoms with Gasteiger partial charge >= 0.3 is 12.1 Å². The van der Waals surface area contributed by atoms with Crippen molar-refractivity contribution in [2.24, 2.45) is 5.92 Å². The third kappa shape index (κ3) is 4.77. The Labute approximate surface area is 193 Å². The van der Waals surface area contributed by atoms with Gasteiger partial charge in [-0.2, -0.15) is 0 Å². The van der Waals surface area contributed by atoms with Crippen LogP contribution in [-0.4, -0.2) is 53.7 Å². The molecule has 0 bridgehead atoms. The molecule has 0 saturated heterocycles. The third-order valence-electron chi connectivity index (χ3n) is 6.47. The molecular weight excluding hydrogens is 420 g/mol. The first-order valence-corrected chi connectivity index (χ1v) is 11.2. The summed E-state index contributed by atoms with van der Waals surface area (Å²) in [6.07, 6.45) is 2.97. The summed E-state index contributed by atoms with van der Waals surface area (Å²) in [7, 11) is 0. The Bertz CT molecular complexity index is 1020. The molecule has 0 spiro atoms. The van der Waals surface area contributed by atoms with Crippen LogP contribution in [-0.2, 0) is 14.3 Å². The molecule has 33 heavy (non-hydrogen) atoms. The van der Waals surface area contributed by atoms with Gasteiger partial charge in [-0.15, -0.1) is 6.58 Å². The Kier molecular flexibility index (Phi) is 6.77. The highest BCUT2D eigenvalue weighted by molar-refractivity contribution is 5.84. The number of carbonyl (C=O) groups excluding carboxylic acids is 2. The Balaban J connectivity index is 1.39. The molecule has 0 radical (unpaired) electrons. The van der Waals surface area contributed by atoms with E-state index in [1.54, 1.807) is 0 Å². The van der Waals surface area contributed by atoms with E-state index in [1.165, 1.54) is 11.0 Å². The topological polar surface area (TPSA) is 95.9 Å². The minimum absolute atomic E-state index is 0.0391. The van der Waals surface area contributed by atoms with Crippen LogP contribution in [0, 0.1) is 5.92 Å². The highest BCUT2D eigenvalue weighted by Crippen LogP contribution is 2.44. The fraction of sp³-hybridized carbons (Fsp3) is 0.346. The number of hydrogen-bond acceptors (Lipinski definition) is 4. The van der Waals surface area contributed by atoms with Crippen LogP contribution < -0.4 is 5.32 Å². The summed E-state index contributed by atoms with van der Waals surface area (Å²) < 4.78 is 5.62. The fourth-order valence-corrected chi connectivity index (χ4v) is 5.01. The van der Waals surface area contributed by atoms with Gasteiger partial charge in [-0.3, -0.25) is 9.59 Å². The molecule has 1 saturated carbocycles. The Morgan fingerprint density at radius 1 is 1.06 bits per heavy atom. The van der Waals surface area contributed by atoms with Gasteiger partial charge in [0.2, 0.25) is 5.91 Å². The number of ether oxygens (including phenoxy) is 1. The lowest BCUT2D eigenvalue weighted by atomic mass is 9.98. The van der Waals surface area contributed by atoms with Crippen molar-refractivity contribution in [1.82, 2.24) is 10.2 Å². The van der Waals surface area contributed by atoms with Gasteiger partial charge in [0.05, 0.1) is 5.92 Å². The maximum Gasteiger partial charge on any atom is 0.407 e. The van der Waals surface area contributed by atoms with Gasteiger partial charge in [-0.05, 0) is 35.1 Å². The van der Waals surface area contributed by atoms with Crippen LogP contribution in [0.2, 0.25) is 0 Å². The Morgan fingerprint density at radius 2 is 1.70 bits per heavy atom. The minimum atomic E-state index is -1.08. The van der Waals surface area contributed by atoms with Crippen molar-refractivity contribution in [2.75, 3.05) is 19.7 Å². The van der Waals surface area contributed by atoms with E-state index in [2.05, 4.69) is 36.2 Å².